The van der Waals surface area contributed by atoms with Gasteiger partial charge in [0.05, 0.1) is 0 Å². The predicted molar refractivity (Wildman–Crippen MR) is 84.1 cm³/mol. The number of ketones is 1. The third-order valence-corrected chi connectivity index (χ3v) is 4.11. The standard InChI is InChI=1S/C17H18N2O4/c1-2-10-4-3-5-11-12(8-18-16(10)11)14(20)9-23-17(22)13-6-7-15(21)19-13/h3-5,8,13,18H,2,6-7,9H2,1H3,(H,19,21)/t13-/m0/s1. The zero-order chi connectivity index (χ0) is 16.4. The third-order valence-electron chi connectivity index (χ3n) is 4.11. The fourth-order valence-corrected chi connectivity index (χ4v) is 2.85. The summed E-state index contributed by atoms with van der Waals surface area (Å²) in [5.74, 6) is -0.984. The van der Waals surface area contributed by atoms with E-state index >= 15 is 0 Å². The minimum Gasteiger partial charge on any atom is -0.456 e. The van der Waals surface area contributed by atoms with Crippen molar-refractivity contribution in [2.24, 2.45) is 0 Å². The third kappa shape index (κ3) is 2.97. The van der Waals surface area contributed by atoms with E-state index in [0.717, 1.165) is 22.9 Å². The first-order valence-electron chi connectivity index (χ1n) is 7.68. The fraction of sp³-hybridized carbons (Fsp3) is 0.353. The molecule has 1 aliphatic heterocycles. The molecule has 0 radical (unpaired) electrons. The van der Waals surface area contributed by atoms with Crippen LogP contribution in [-0.2, 0) is 20.7 Å². The molecule has 23 heavy (non-hydrogen) atoms. The van der Waals surface area contributed by atoms with E-state index < -0.39 is 12.0 Å². The topological polar surface area (TPSA) is 88.3 Å². The summed E-state index contributed by atoms with van der Waals surface area (Å²) < 4.78 is 5.05. The predicted octanol–water partition coefficient (Wildman–Crippen LogP) is 1.73. The smallest absolute Gasteiger partial charge is 0.329 e. The maximum Gasteiger partial charge on any atom is 0.329 e. The number of aryl methyl sites for hydroxylation is 1. The minimum atomic E-state index is -0.634. The van der Waals surface area contributed by atoms with Crippen molar-refractivity contribution in [3.8, 4) is 0 Å². The van der Waals surface area contributed by atoms with Crippen molar-refractivity contribution >= 4 is 28.6 Å². The zero-order valence-corrected chi connectivity index (χ0v) is 12.8. The monoisotopic (exact) mass is 314 g/mol. The van der Waals surface area contributed by atoms with Crippen molar-refractivity contribution in [1.82, 2.24) is 10.3 Å². The molecule has 120 valence electrons. The number of carbonyl (C=O) groups excluding carboxylic acids is 3. The summed E-state index contributed by atoms with van der Waals surface area (Å²) in [4.78, 5) is 38.4. The highest BCUT2D eigenvalue weighted by Gasteiger charge is 2.29. The number of amides is 1. The first kappa shape index (κ1) is 15.3. The minimum absolute atomic E-state index is 0.165. The molecular weight excluding hydrogens is 296 g/mol. The van der Waals surface area contributed by atoms with E-state index in [0.29, 0.717) is 18.4 Å². The van der Waals surface area contributed by atoms with Gasteiger partial charge >= 0.3 is 5.97 Å². The van der Waals surface area contributed by atoms with Gasteiger partial charge in [-0.2, -0.15) is 0 Å². The number of ether oxygens (including phenoxy) is 1. The number of aromatic amines is 1. The number of carbonyl (C=O) groups is 3. The number of H-pyrrole nitrogens is 1. The van der Waals surface area contributed by atoms with Gasteiger partial charge in [0.2, 0.25) is 11.7 Å². The Labute approximate surface area is 133 Å². The molecule has 0 saturated carbocycles. The Morgan fingerprint density at radius 1 is 1.35 bits per heavy atom. The number of Topliss-reactive ketones (excluding diaryl/α,β-unsaturated/α-hetero) is 1. The second-order valence-corrected chi connectivity index (χ2v) is 5.59. The molecule has 2 aromatic rings. The number of rotatable bonds is 5. The number of fused-ring (bicyclic) bond motifs is 1. The van der Waals surface area contributed by atoms with Crippen molar-refractivity contribution < 1.29 is 19.1 Å². The Hall–Kier alpha value is -2.63. The van der Waals surface area contributed by atoms with E-state index in [1.165, 1.54) is 0 Å². The normalized spacial score (nSPS) is 17.3. The largest absolute Gasteiger partial charge is 0.456 e. The molecule has 1 aromatic carbocycles. The van der Waals surface area contributed by atoms with Crippen LogP contribution in [0, 0.1) is 0 Å². The van der Waals surface area contributed by atoms with Crippen LogP contribution in [0.4, 0.5) is 0 Å². The number of benzene rings is 1. The van der Waals surface area contributed by atoms with Gasteiger partial charge in [0.15, 0.2) is 6.61 Å². The van der Waals surface area contributed by atoms with Crippen LogP contribution in [0.15, 0.2) is 24.4 Å². The number of nitrogens with one attached hydrogen (secondary N) is 2. The highest BCUT2D eigenvalue weighted by molar-refractivity contribution is 6.09. The highest BCUT2D eigenvalue weighted by atomic mass is 16.5. The highest BCUT2D eigenvalue weighted by Crippen LogP contribution is 2.22. The summed E-state index contributed by atoms with van der Waals surface area (Å²) in [5.41, 5.74) is 2.58. The molecule has 0 spiro atoms. The Balaban J connectivity index is 1.69. The first-order chi connectivity index (χ1) is 11.1. The quantitative estimate of drug-likeness (QED) is 0.650. The molecule has 1 aromatic heterocycles. The van der Waals surface area contributed by atoms with Gasteiger partial charge < -0.3 is 15.0 Å². The number of aromatic nitrogens is 1. The van der Waals surface area contributed by atoms with Crippen LogP contribution in [-0.4, -0.2) is 35.3 Å². The van der Waals surface area contributed by atoms with Crippen LogP contribution < -0.4 is 5.32 Å². The van der Waals surface area contributed by atoms with E-state index in [4.69, 9.17) is 4.74 Å². The summed E-state index contributed by atoms with van der Waals surface area (Å²) in [6, 6.07) is 5.16. The average Bonchev–Trinajstić information content (AvgIpc) is 3.18. The van der Waals surface area contributed by atoms with Crippen LogP contribution in [0.5, 0.6) is 0 Å². The van der Waals surface area contributed by atoms with E-state index in [1.54, 1.807) is 6.20 Å². The average molecular weight is 314 g/mol. The van der Waals surface area contributed by atoms with Crippen molar-refractivity contribution in [1.29, 1.82) is 0 Å². The van der Waals surface area contributed by atoms with Crippen LogP contribution in [0.1, 0.15) is 35.7 Å². The Kier molecular flexibility index (Phi) is 4.14. The SMILES string of the molecule is CCc1cccc2c(C(=O)COC(=O)[C@@H]3CCC(=O)N3)c[nH]c12. The Morgan fingerprint density at radius 2 is 2.17 bits per heavy atom. The Morgan fingerprint density at radius 3 is 2.87 bits per heavy atom. The van der Waals surface area contributed by atoms with Gasteiger partial charge in [-0.1, -0.05) is 25.1 Å². The second-order valence-electron chi connectivity index (χ2n) is 5.59. The van der Waals surface area contributed by atoms with E-state index in [2.05, 4.69) is 17.2 Å². The van der Waals surface area contributed by atoms with Crippen LogP contribution in [0.25, 0.3) is 10.9 Å². The first-order valence-corrected chi connectivity index (χ1v) is 7.68. The molecular formula is C17H18N2O4. The molecule has 1 saturated heterocycles. The summed E-state index contributed by atoms with van der Waals surface area (Å²) in [5, 5.41) is 3.36. The van der Waals surface area contributed by atoms with Gasteiger partial charge in [0.1, 0.15) is 6.04 Å². The lowest BCUT2D eigenvalue weighted by Crippen LogP contribution is -2.35. The number of esters is 1. The van der Waals surface area contributed by atoms with Crippen LogP contribution >= 0.6 is 0 Å². The maximum absolute atomic E-state index is 12.3. The van der Waals surface area contributed by atoms with Crippen molar-refractivity contribution in [3.05, 3.63) is 35.5 Å². The van der Waals surface area contributed by atoms with E-state index in [1.807, 2.05) is 18.2 Å². The molecule has 6 heteroatoms. The maximum atomic E-state index is 12.3. The summed E-state index contributed by atoms with van der Waals surface area (Å²) in [6.07, 6.45) is 3.24. The number of hydrogen-bond acceptors (Lipinski definition) is 4. The lowest BCUT2D eigenvalue weighted by Gasteiger charge is -2.09. The van der Waals surface area contributed by atoms with Gasteiger partial charge in [-0.05, 0) is 18.4 Å². The lowest BCUT2D eigenvalue weighted by molar-refractivity contribution is -0.145. The second kappa shape index (κ2) is 6.24. The van der Waals surface area contributed by atoms with Crippen molar-refractivity contribution in [3.63, 3.8) is 0 Å². The van der Waals surface area contributed by atoms with Crippen LogP contribution in [0.2, 0.25) is 0 Å². The van der Waals surface area contributed by atoms with E-state index in [9.17, 15) is 14.4 Å². The molecule has 2 N–H and O–H groups in total. The van der Waals surface area contributed by atoms with Crippen LogP contribution in [0.3, 0.4) is 0 Å². The van der Waals surface area contributed by atoms with Gasteiger partial charge in [-0.25, -0.2) is 4.79 Å². The summed E-state index contributed by atoms with van der Waals surface area (Å²) in [7, 11) is 0. The Bertz CT molecular complexity index is 778. The van der Waals surface area contributed by atoms with Gasteiger partial charge in [0, 0.05) is 29.1 Å². The molecule has 6 nitrogen and oxygen atoms in total. The molecule has 0 bridgehead atoms. The van der Waals surface area contributed by atoms with Crippen molar-refractivity contribution in [2.45, 2.75) is 32.2 Å². The fourth-order valence-electron chi connectivity index (χ4n) is 2.85. The summed E-state index contributed by atoms with van der Waals surface area (Å²) in [6.45, 7) is 1.73. The molecule has 1 fully saturated rings. The van der Waals surface area contributed by atoms with Gasteiger partial charge in [-0.15, -0.1) is 0 Å². The molecule has 1 aliphatic rings. The number of hydrogen-bond donors (Lipinski definition) is 2. The lowest BCUT2D eigenvalue weighted by atomic mass is 10.1. The molecule has 2 heterocycles. The molecule has 1 amide bonds. The molecule has 3 rings (SSSR count). The van der Waals surface area contributed by atoms with Gasteiger partial charge in [-0.3, -0.25) is 9.59 Å². The molecule has 0 aliphatic carbocycles. The molecule has 0 unspecified atom stereocenters. The molecule has 1 atom stereocenters. The summed E-state index contributed by atoms with van der Waals surface area (Å²) >= 11 is 0. The van der Waals surface area contributed by atoms with Gasteiger partial charge in [0.25, 0.3) is 0 Å². The zero-order valence-electron chi connectivity index (χ0n) is 12.8. The van der Waals surface area contributed by atoms with Crippen molar-refractivity contribution in [2.75, 3.05) is 6.61 Å². The number of para-hydroxylation sites is 1. The van der Waals surface area contributed by atoms with E-state index in [-0.39, 0.29) is 18.3 Å².